The van der Waals surface area contributed by atoms with Gasteiger partial charge in [0.05, 0.1) is 11.8 Å². The number of carbonyl (C=O) groups is 3. The van der Waals surface area contributed by atoms with E-state index in [0.29, 0.717) is 39.1 Å². The molecule has 2 heterocycles. The normalized spacial score (nSPS) is 20.6. The van der Waals surface area contributed by atoms with Crippen molar-refractivity contribution in [3.8, 4) is 0 Å². The van der Waals surface area contributed by atoms with Gasteiger partial charge in [-0.05, 0) is 56.6 Å². The number of para-hydroxylation sites is 1. The van der Waals surface area contributed by atoms with E-state index >= 15 is 0 Å². The minimum atomic E-state index is -0.983. The molecule has 3 atom stereocenters. The van der Waals surface area contributed by atoms with Crippen molar-refractivity contribution >= 4 is 28.6 Å². The third-order valence-corrected chi connectivity index (χ3v) is 8.39. The van der Waals surface area contributed by atoms with Gasteiger partial charge in [-0.2, -0.15) is 0 Å². The molecule has 2 aromatic rings. The lowest BCUT2D eigenvalue weighted by atomic mass is 9.85. The monoisotopic (exact) mass is 567 g/mol. The fourth-order valence-corrected chi connectivity index (χ4v) is 6.41. The Hall–Kier alpha value is -2.91. The van der Waals surface area contributed by atoms with Crippen LogP contribution in [0.15, 0.2) is 30.5 Å². The first-order valence-corrected chi connectivity index (χ1v) is 15.1. The van der Waals surface area contributed by atoms with Crippen LogP contribution in [-0.4, -0.2) is 84.6 Å². The average Bonchev–Trinajstić information content (AvgIpc) is 3.73. The van der Waals surface area contributed by atoms with Crippen molar-refractivity contribution < 1.29 is 19.1 Å². The lowest BCUT2D eigenvalue weighted by molar-refractivity contribution is -0.143. The summed E-state index contributed by atoms with van der Waals surface area (Å²) in [5.41, 5.74) is 1.35. The molecule has 1 unspecified atom stereocenters. The number of ether oxygens (including phenoxy) is 1. The SMILES string of the molecule is COCCCn1cc(CN(C(=O)[C@H]2CNC[C@@H](C(=O)NC(C)(CC(C)C)C(=O)N(C)C)C2)C2CC2)c2ccccc21. The van der Waals surface area contributed by atoms with E-state index in [4.69, 9.17) is 4.74 Å². The van der Waals surface area contributed by atoms with Gasteiger partial charge in [0, 0.05) is 77.1 Å². The topological polar surface area (TPSA) is 95.9 Å². The summed E-state index contributed by atoms with van der Waals surface area (Å²) < 4.78 is 7.53. The van der Waals surface area contributed by atoms with Crippen LogP contribution < -0.4 is 10.6 Å². The highest BCUT2D eigenvalue weighted by atomic mass is 16.5. The van der Waals surface area contributed by atoms with E-state index in [2.05, 4.69) is 45.7 Å². The first-order valence-electron chi connectivity index (χ1n) is 15.1. The number of methoxy groups -OCH3 is 1. The molecular weight excluding hydrogens is 518 g/mol. The summed E-state index contributed by atoms with van der Waals surface area (Å²) in [7, 11) is 5.15. The highest BCUT2D eigenvalue weighted by Gasteiger charge is 2.42. The van der Waals surface area contributed by atoms with Gasteiger partial charge in [-0.1, -0.05) is 32.0 Å². The van der Waals surface area contributed by atoms with E-state index in [0.717, 1.165) is 31.4 Å². The zero-order chi connectivity index (χ0) is 29.7. The molecule has 1 aliphatic heterocycles. The van der Waals surface area contributed by atoms with Gasteiger partial charge in [0.1, 0.15) is 5.54 Å². The number of piperidine rings is 1. The summed E-state index contributed by atoms with van der Waals surface area (Å²) in [6.07, 6.45) is 6.18. The maximum absolute atomic E-state index is 14.0. The molecule has 1 aliphatic carbocycles. The van der Waals surface area contributed by atoms with Gasteiger partial charge < -0.3 is 29.7 Å². The molecule has 9 nitrogen and oxygen atoms in total. The first kappa shape index (κ1) is 31.0. The number of nitrogens with zero attached hydrogens (tertiary/aromatic N) is 3. The molecule has 9 heteroatoms. The zero-order valence-corrected chi connectivity index (χ0v) is 25.7. The van der Waals surface area contributed by atoms with Gasteiger partial charge in [-0.3, -0.25) is 14.4 Å². The molecule has 4 rings (SSSR count). The van der Waals surface area contributed by atoms with E-state index in [1.165, 1.54) is 15.8 Å². The lowest BCUT2D eigenvalue weighted by Gasteiger charge is -2.37. The molecule has 2 aliphatic rings. The predicted octanol–water partition coefficient (Wildman–Crippen LogP) is 3.40. The maximum atomic E-state index is 14.0. The minimum absolute atomic E-state index is 0.114. The van der Waals surface area contributed by atoms with Crippen molar-refractivity contribution in [1.29, 1.82) is 0 Å². The number of aryl methyl sites for hydroxylation is 1. The van der Waals surface area contributed by atoms with Crippen molar-refractivity contribution in [3.63, 3.8) is 0 Å². The summed E-state index contributed by atoms with van der Waals surface area (Å²) >= 11 is 0. The van der Waals surface area contributed by atoms with Crippen LogP contribution in [0.4, 0.5) is 0 Å². The smallest absolute Gasteiger partial charge is 0.247 e. The largest absolute Gasteiger partial charge is 0.385 e. The van der Waals surface area contributed by atoms with Crippen LogP contribution in [0.1, 0.15) is 58.4 Å². The maximum Gasteiger partial charge on any atom is 0.247 e. The number of amides is 3. The molecule has 2 fully saturated rings. The van der Waals surface area contributed by atoms with E-state index in [-0.39, 0.29) is 41.5 Å². The molecule has 1 aromatic heterocycles. The molecule has 3 amide bonds. The van der Waals surface area contributed by atoms with Crippen LogP contribution >= 0.6 is 0 Å². The number of likely N-dealkylation sites (N-methyl/N-ethyl adjacent to an activating group) is 1. The second-order valence-electron chi connectivity index (χ2n) is 12.8. The Labute approximate surface area is 244 Å². The second kappa shape index (κ2) is 13.4. The van der Waals surface area contributed by atoms with Crippen molar-refractivity contribution in [1.82, 2.24) is 25.0 Å². The fraction of sp³-hybridized carbons (Fsp3) is 0.656. The fourth-order valence-electron chi connectivity index (χ4n) is 6.41. The van der Waals surface area contributed by atoms with E-state index in [1.54, 1.807) is 21.2 Å². The van der Waals surface area contributed by atoms with Crippen LogP contribution in [0.3, 0.4) is 0 Å². The zero-order valence-electron chi connectivity index (χ0n) is 25.7. The van der Waals surface area contributed by atoms with Gasteiger partial charge in [0.15, 0.2) is 0 Å². The number of nitrogens with one attached hydrogen (secondary N) is 2. The van der Waals surface area contributed by atoms with Crippen molar-refractivity contribution in [3.05, 3.63) is 36.0 Å². The molecule has 1 saturated carbocycles. The van der Waals surface area contributed by atoms with E-state index in [9.17, 15) is 14.4 Å². The van der Waals surface area contributed by atoms with Crippen molar-refractivity contribution in [2.24, 2.45) is 17.8 Å². The standard InChI is InChI=1S/C32H49N5O4/c1-22(2)17-32(3,31(40)35(4)5)34-29(38)23-16-24(19-33-18-23)30(39)37(26-12-13-26)21-25-20-36(14-9-15-41-6)28-11-8-7-10-27(25)28/h7-8,10-11,20,22-24,26,33H,9,12-19,21H2,1-6H3,(H,34,38)/t23-,24+,32?/m0/s1. The van der Waals surface area contributed by atoms with E-state index < -0.39 is 5.54 Å². The van der Waals surface area contributed by atoms with Crippen LogP contribution in [-0.2, 0) is 32.2 Å². The quantitative estimate of drug-likeness (QED) is 0.362. The summed E-state index contributed by atoms with van der Waals surface area (Å²) in [4.78, 5) is 44.1. The highest BCUT2D eigenvalue weighted by molar-refractivity contribution is 5.92. The number of hydrogen-bond acceptors (Lipinski definition) is 5. The molecule has 0 spiro atoms. The summed E-state index contributed by atoms with van der Waals surface area (Å²) in [6.45, 7) is 9.11. The molecule has 1 saturated heterocycles. The van der Waals surface area contributed by atoms with E-state index in [1.807, 2.05) is 25.7 Å². The molecule has 2 N–H and O–H groups in total. The Morgan fingerprint density at radius 2 is 1.85 bits per heavy atom. The number of fused-ring (bicyclic) bond motifs is 1. The molecule has 0 radical (unpaired) electrons. The summed E-state index contributed by atoms with van der Waals surface area (Å²) in [6, 6.07) is 8.63. The molecule has 0 bridgehead atoms. The van der Waals surface area contributed by atoms with Gasteiger partial charge in [-0.25, -0.2) is 0 Å². The van der Waals surface area contributed by atoms with Crippen molar-refractivity contribution in [2.75, 3.05) is 40.9 Å². The minimum Gasteiger partial charge on any atom is -0.385 e. The Morgan fingerprint density at radius 3 is 2.51 bits per heavy atom. The number of hydrogen-bond donors (Lipinski definition) is 2. The number of rotatable bonds is 13. The number of carbonyl (C=O) groups excluding carboxylic acids is 3. The average molecular weight is 568 g/mol. The Bertz CT molecular complexity index is 1220. The van der Waals surface area contributed by atoms with Crippen LogP contribution in [0, 0.1) is 17.8 Å². The van der Waals surface area contributed by atoms with Gasteiger partial charge in [-0.15, -0.1) is 0 Å². The Kier molecular flexibility index (Phi) is 10.1. The third-order valence-electron chi connectivity index (χ3n) is 8.39. The Balaban J connectivity index is 1.47. The van der Waals surface area contributed by atoms with Gasteiger partial charge >= 0.3 is 0 Å². The first-order chi connectivity index (χ1) is 19.5. The molecule has 226 valence electrons. The number of aromatic nitrogens is 1. The Morgan fingerprint density at radius 1 is 1.15 bits per heavy atom. The molecular formula is C32H49N5O4. The molecule has 41 heavy (non-hydrogen) atoms. The third kappa shape index (κ3) is 7.49. The second-order valence-corrected chi connectivity index (χ2v) is 12.8. The summed E-state index contributed by atoms with van der Waals surface area (Å²) in [5.74, 6) is -0.578. The summed E-state index contributed by atoms with van der Waals surface area (Å²) in [5, 5.41) is 7.60. The predicted molar refractivity (Wildman–Crippen MR) is 161 cm³/mol. The molecule has 1 aromatic carbocycles. The van der Waals surface area contributed by atoms with Crippen LogP contribution in [0.5, 0.6) is 0 Å². The highest BCUT2D eigenvalue weighted by Crippen LogP contribution is 2.33. The van der Waals surface area contributed by atoms with Crippen LogP contribution in [0.2, 0.25) is 0 Å². The van der Waals surface area contributed by atoms with Crippen molar-refractivity contribution in [2.45, 2.75) is 77.5 Å². The van der Waals surface area contributed by atoms with Crippen LogP contribution in [0.25, 0.3) is 10.9 Å². The van der Waals surface area contributed by atoms with Gasteiger partial charge in [0.25, 0.3) is 0 Å². The number of benzene rings is 1. The van der Waals surface area contributed by atoms with Gasteiger partial charge in [0.2, 0.25) is 17.7 Å². The lowest BCUT2D eigenvalue weighted by Crippen LogP contribution is -2.59.